The van der Waals surface area contributed by atoms with Crippen molar-refractivity contribution in [1.82, 2.24) is 20.4 Å². The summed E-state index contributed by atoms with van der Waals surface area (Å²) in [6.07, 6.45) is -2.34. The van der Waals surface area contributed by atoms with Gasteiger partial charge in [-0.05, 0) is 19.0 Å². The van der Waals surface area contributed by atoms with Gasteiger partial charge in [-0.1, -0.05) is 6.92 Å². The number of nitrogens with one attached hydrogen (secondary N) is 2. The number of alkyl halides is 3. The highest BCUT2D eigenvalue weighted by atomic mass is 35.5. The summed E-state index contributed by atoms with van der Waals surface area (Å²) >= 11 is 0. The Labute approximate surface area is 121 Å². The van der Waals surface area contributed by atoms with E-state index in [1.165, 1.54) is 0 Å². The normalized spacial score (nSPS) is 11.0. The first-order valence-electron chi connectivity index (χ1n) is 6.01. The quantitative estimate of drug-likeness (QED) is 0.749. The first-order chi connectivity index (χ1) is 8.93. The van der Waals surface area contributed by atoms with Crippen LogP contribution < -0.4 is 10.6 Å². The van der Waals surface area contributed by atoms with Crippen molar-refractivity contribution in [2.45, 2.75) is 26.1 Å². The SMILES string of the molecule is CCCNCCNC(=O)Cn1ccc(C(F)(F)F)n1.Cl. The van der Waals surface area contributed by atoms with E-state index in [1.807, 2.05) is 6.92 Å². The van der Waals surface area contributed by atoms with Gasteiger partial charge in [0.05, 0.1) is 0 Å². The number of rotatable bonds is 7. The molecular formula is C11H18ClF3N4O. The fraction of sp³-hybridized carbons (Fsp3) is 0.636. The van der Waals surface area contributed by atoms with Crippen molar-refractivity contribution in [3.05, 3.63) is 18.0 Å². The molecule has 0 aromatic carbocycles. The van der Waals surface area contributed by atoms with Gasteiger partial charge in [0.2, 0.25) is 5.91 Å². The minimum absolute atomic E-state index is 0. The van der Waals surface area contributed by atoms with Crippen LogP contribution in [-0.4, -0.2) is 35.3 Å². The summed E-state index contributed by atoms with van der Waals surface area (Å²) in [5.74, 6) is -0.366. The zero-order valence-electron chi connectivity index (χ0n) is 11.0. The minimum Gasteiger partial charge on any atom is -0.353 e. The smallest absolute Gasteiger partial charge is 0.353 e. The summed E-state index contributed by atoms with van der Waals surface area (Å²) in [6, 6.07) is 0.843. The van der Waals surface area contributed by atoms with Gasteiger partial charge in [0.25, 0.3) is 0 Å². The zero-order valence-corrected chi connectivity index (χ0v) is 11.9. The number of halogens is 4. The lowest BCUT2D eigenvalue weighted by Crippen LogP contribution is -2.34. The Bertz CT molecular complexity index is 409. The maximum atomic E-state index is 12.3. The Hall–Kier alpha value is -1.28. The monoisotopic (exact) mass is 314 g/mol. The van der Waals surface area contributed by atoms with E-state index >= 15 is 0 Å². The van der Waals surface area contributed by atoms with Crippen LogP contribution >= 0.6 is 12.4 Å². The highest BCUT2D eigenvalue weighted by Crippen LogP contribution is 2.27. The van der Waals surface area contributed by atoms with E-state index in [9.17, 15) is 18.0 Å². The molecular weight excluding hydrogens is 297 g/mol. The summed E-state index contributed by atoms with van der Waals surface area (Å²) in [7, 11) is 0. The molecule has 0 aliphatic rings. The summed E-state index contributed by atoms with van der Waals surface area (Å²) in [6.45, 7) is 3.74. The predicted octanol–water partition coefficient (Wildman–Crippen LogP) is 1.44. The fourth-order valence-corrected chi connectivity index (χ4v) is 1.40. The second-order valence-corrected chi connectivity index (χ2v) is 4.00. The van der Waals surface area contributed by atoms with Gasteiger partial charge in [-0.25, -0.2) is 0 Å². The number of hydrogen-bond donors (Lipinski definition) is 2. The molecule has 1 aromatic rings. The van der Waals surface area contributed by atoms with Gasteiger partial charge in [-0.15, -0.1) is 12.4 Å². The largest absolute Gasteiger partial charge is 0.435 e. The van der Waals surface area contributed by atoms with E-state index in [4.69, 9.17) is 0 Å². The zero-order chi connectivity index (χ0) is 14.3. The Kier molecular flexibility index (Phi) is 8.24. The van der Waals surface area contributed by atoms with Crippen molar-refractivity contribution in [1.29, 1.82) is 0 Å². The highest BCUT2D eigenvalue weighted by Gasteiger charge is 2.33. The van der Waals surface area contributed by atoms with Crippen LogP contribution in [0.5, 0.6) is 0 Å². The van der Waals surface area contributed by atoms with Crippen LogP contribution in [0.4, 0.5) is 13.2 Å². The molecule has 0 saturated carbocycles. The van der Waals surface area contributed by atoms with Crippen molar-refractivity contribution >= 4 is 18.3 Å². The Morgan fingerprint density at radius 2 is 2.05 bits per heavy atom. The van der Waals surface area contributed by atoms with E-state index in [-0.39, 0.29) is 24.9 Å². The third kappa shape index (κ3) is 6.76. The molecule has 0 radical (unpaired) electrons. The lowest BCUT2D eigenvalue weighted by molar-refractivity contribution is -0.141. The molecule has 0 spiro atoms. The Balaban J connectivity index is 0.00000361. The van der Waals surface area contributed by atoms with Gasteiger partial charge < -0.3 is 10.6 Å². The van der Waals surface area contributed by atoms with Gasteiger partial charge in [0.15, 0.2) is 5.69 Å². The number of hydrogen-bond acceptors (Lipinski definition) is 3. The van der Waals surface area contributed by atoms with Crippen LogP contribution in [0.15, 0.2) is 12.3 Å². The molecule has 0 atom stereocenters. The molecule has 0 bridgehead atoms. The van der Waals surface area contributed by atoms with Gasteiger partial charge in [-0.3, -0.25) is 9.48 Å². The predicted molar refractivity (Wildman–Crippen MR) is 70.6 cm³/mol. The van der Waals surface area contributed by atoms with Crippen LogP contribution in [0.1, 0.15) is 19.0 Å². The summed E-state index contributed by atoms with van der Waals surface area (Å²) in [4.78, 5) is 11.4. The average Bonchev–Trinajstić information content (AvgIpc) is 2.77. The minimum atomic E-state index is -4.48. The van der Waals surface area contributed by atoms with Crippen LogP contribution in [0, 0.1) is 0 Å². The third-order valence-electron chi connectivity index (χ3n) is 2.29. The van der Waals surface area contributed by atoms with E-state index < -0.39 is 11.9 Å². The van der Waals surface area contributed by atoms with Crippen molar-refractivity contribution in [3.8, 4) is 0 Å². The molecule has 5 nitrogen and oxygen atoms in total. The molecule has 9 heteroatoms. The van der Waals surface area contributed by atoms with Crippen LogP contribution in [0.3, 0.4) is 0 Å². The van der Waals surface area contributed by atoms with Crippen molar-refractivity contribution < 1.29 is 18.0 Å². The molecule has 1 aromatic heterocycles. The van der Waals surface area contributed by atoms with Gasteiger partial charge >= 0.3 is 6.18 Å². The van der Waals surface area contributed by atoms with Crippen molar-refractivity contribution in [2.75, 3.05) is 19.6 Å². The molecule has 20 heavy (non-hydrogen) atoms. The summed E-state index contributed by atoms with van der Waals surface area (Å²) in [5.41, 5.74) is -0.995. The van der Waals surface area contributed by atoms with Gasteiger partial charge in [-0.2, -0.15) is 18.3 Å². The molecule has 2 N–H and O–H groups in total. The van der Waals surface area contributed by atoms with E-state index in [0.717, 1.165) is 29.9 Å². The molecule has 0 unspecified atom stereocenters. The molecule has 1 rings (SSSR count). The fourth-order valence-electron chi connectivity index (χ4n) is 1.40. The first kappa shape index (κ1) is 18.7. The van der Waals surface area contributed by atoms with Crippen LogP contribution in [-0.2, 0) is 17.5 Å². The van der Waals surface area contributed by atoms with Crippen molar-refractivity contribution in [2.24, 2.45) is 0 Å². The summed E-state index contributed by atoms with van der Waals surface area (Å²) in [5, 5.41) is 8.98. The Morgan fingerprint density at radius 1 is 1.35 bits per heavy atom. The van der Waals surface area contributed by atoms with Crippen LogP contribution in [0.2, 0.25) is 0 Å². The average molecular weight is 315 g/mol. The maximum Gasteiger partial charge on any atom is 0.435 e. The third-order valence-corrected chi connectivity index (χ3v) is 2.29. The molecule has 1 heterocycles. The van der Waals surface area contributed by atoms with E-state index in [2.05, 4.69) is 15.7 Å². The topological polar surface area (TPSA) is 58.9 Å². The molecule has 0 aliphatic heterocycles. The number of carbonyl (C=O) groups excluding carboxylic acids is 1. The molecule has 0 fully saturated rings. The number of amides is 1. The number of aromatic nitrogens is 2. The lowest BCUT2D eigenvalue weighted by Gasteiger charge is -2.06. The number of nitrogens with zero attached hydrogens (tertiary/aromatic N) is 2. The lowest BCUT2D eigenvalue weighted by atomic mass is 10.4. The molecule has 0 aliphatic carbocycles. The molecule has 1 amide bonds. The molecule has 116 valence electrons. The van der Waals surface area contributed by atoms with Gasteiger partial charge in [0, 0.05) is 19.3 Å². The second-order valence-electron chi connectivity index (χ2n) is 4.00. The standard InChI is InChI=1S/C11H17F3N4O.ClH/c1-2-4-15-5-6-16-10(19)8-18-7-3-9(17-18)11(12,13)14;/h3,7,15H,2,4-6,8H2,1H3,(H,16,19);1H. The Morgan fingerprint density at radius 3 is 2.60 bits per heavy atom. The first-order valence-corrected chi connectivity index (χ1v) is 6.01. The van der Waals surface area contributed by atoms with Crippen LogP contribution in [0.25, 0.3) is 0 Å². The van der Waals surface area contributed by atoms with E-state index in [1.54, 1.807) is 0 Å². The second kappa shape index (κ2) is 8.80. The van der Waals surface area contributed by atoms with E-state index in [0.29, 0.717) is 13.1 Å². The molecule has 0 saturated heterocycles. The maximum absolute atomic E-state index is 12.3. The van der Waals surface area contributed by atoms with Gasteiger partial charge in [0.1, 0.15) is 6.54 Å². The van der Waals surface area contributed by atoms with Crippen molar-refractivity contribution in [3.63, 3.8) is 0 Å². The highest BCUT2D eigenvalue weighted by molar-refractivity contribution is 5.85. The summed E-state index contributed by atoms with van der Waals surface area (Å²) < 4.78 is 37.8. The number of carbonyl (C=O) groups is 1.